The highest BCUT2D eigenvalue weighted by molar-refractivity contribution is 7.20. The van der Waals surface area contributed by atoms with Crippen molar-refractivity contribution in [2.24, 2.45) is 0 Å². The Morgan fingerprint density at radius 2 is 1.82 bits per heavy atom. The number of hydrogen-bond acceptors (Lipinski definition) is 7. The summed E-state index contributed by atoms with van der Waals surface area (Å²) in [6.07, 6.45) is 0.405. The molecule has 3 heterocycles. The number of rotatable bonds is 6. The molecular weight excluding hydrogens is 452 g/mol. The molecule has 0 radical (unpaired) electrons. The standard InChI is InChI=1S/C25H30N4O4S/c1-5-33-25(32)21-16(3)20-23(31)26-22(27-24(20)34-21)17(4)28-10-12-29(13-11-28)19(30)14-18-8-6-15(2)7-9-18/h6-9,17H,5,10-14H2,1-4H3,(H,26,27,31). The number of fused-ring (bicyclic) bond motifs is 1. The predicted molar refractivity (Wildman–Crippen MR) is 132 cm³/mol. The van der Waals surface area contributed by atoms with Gasteiger partial charge in [-0.15, -0.1) is 11.3 Å². The van der Waals surface area contributed by atoms with Gasteiger partial charge in [0.15, 0.2) is 0 Å². The van der Waals surface area contributed by atoms with Gasteiger partial charge < -0.3 is 14.6 Å². The van der Waals surface area contributed by atoms with Crippen molar-refractivity contribution >= 4 is 33.4 Å². The molecule has 1 amide bonds. The van der Waals surface area contributed by atoms with Crippen molar-refractivity contribution < 1.29 is 14.3 Å². The SMILES string of the molecule is CCOC(=O)c1sc2nc(C(C)N3CCN(C(=O)Cc4ccc(C)cc4)CC3)[nH]c(=O)c2c1C. The van der Waals surface area contributed by atoms with Crippen LogP contribution in [0.1, 0.15) is 52.1 Å². The first-order valence-electron chi connectivity index (χ1n) is 11.6. The van der Waals surface area contributed by atoms with Gasteiger partial charge in [0.2, 0.25) is 5.91 Å². The van der Waals surface area contributed by atoms with Crippen molar-refractivity contribution in [3.05, 3.63) is 62.0 Å². The van der Waals surface area contributed by atoms with Crippen molar-refractivity contribution in [1.29, 1.82) is 0 Å². The van der Waals surface area contributed by atoms with Crippen LogP contribution in [-0.4, -0.2) is 64.4 Å². The Morgan fingerprint density at radius 1 is 1.15 bits per heavy atom. The monoisotopic (exact) mass is 482 g/mol. The van der Waals surface area contributed by atoms with Gasteiger partial charge >= 0.3 is 5.97 Å². The summed E-state index contributed by atoms with van der Waals surface area (Å²) in [5.74, 6) is 0.265. The van der Waals surface area contributed by atoms with E-state index < -0.39 is 5.97 Å². The molecule has 0 bridgehead atoms. The number of piperazine rings is 1. The summed E-state index contributed by atoms with van der Waals surface area (Å²) in [7, 11) is 0. The van der Waals surface area contributed by atoms with E-state index in [4.69, 9.17) is 4.74 Å². The fraction of sp³-hybridized carbons (Fsp3) is 0.440. The average molecular weight is 483 g/mol. The second-order valence-electron chi connectivity index (χ2n) is 8.66. The zero-order chi connectivity index (χ0) is 24.4. The molecule has 1 saturated heterocycles. The topological polar surface area (TPSA) is 95.6 Å². The number of thiophene rings is 1. The Balaban J connectivity index is 1.44. The number of nitrogens with one attached hydrogen (secondary N) is 1. The fourth-order valence-corrected chi connectivity index (χ4v) is 5.36. The molecule has 3 aromatic rings. The molecule has 1 aromatic carbocycles. The van der Waals surface area contributed by atoms with Gasteiger partial charge in [-0.3, -0.25) is 14.5 Å². The van der Waals surface area contributed by atoms with Crippen LogP contribution < -0.4 is 5.56 Å². The Labute approximate surface area is 202 Å². The van der Waals surface area contributed by atoms with E-state index in [2.05, 4.69) is 14.9 Å². The van der Waals surface area contributed by atoms with E-state index in [-0.39, 0.29) is 24.1 Å². The second kappa shape index (κ2) is 10.1. The number of aryl methyl sites for hydroxylation is 2. The van der Waals surface area contributed by atoms with E-state index in [1.807, 2.05) is 43.0 Å². The van der Waals surface area contributed by atoms with Gasteiger partial charge in [0, 0.05) is 26.2 Å². The Kier molecular flexibility index (Phi) is 7.13. The lowest BCUT2D eigenvalue weighted by atomic mass is 10.1. The molecule has 9 heteroatoms. The molecule has 2 aromatic heterocycles. The van der Waals surface area contributed by atoms with Crippen LogP contribution >= 0.6 is 11.3 Å². The van der Waals surface area contributed by atoms with Crippen molar-refractivity contribution in [2.45, 2.75) is 40.2 Å². The average Bonchev–Trinajstić information content (AvgIpc) is 3.17. The highest BCUT2D eigenvalue weighted by Crippen LogP contribution is 2.29. The van der Waals surface area contributed by atoms with Gasteiger partial charge in [-0.25, -0.2) is 9.78 Å². The van der Waals surface area contributed by atoms with Crippen LogP contribution in [0.25, 0.3) is 10.2 Å². The number of aromatic amines is 1. The molecule has 4 rings (SSSR count). The third-order valence-electron chi connectivity index (χ3n) is 6.37. The molecule has 1 aliphatic rings. The van der Waals surface area contributed by atoms with Gasteiger partial charge in [0.05, 0.1) is 24.5 Å². The number of amides is 1. The van der Waals surface area contributed by atoms with E-state index in [0.29, 0.717) is 59.1 Å². The molecule has 34 heavy (non-hydrogen) atoms. The minimum absolute atomic E-state index is 0.125. The molecule has 1 N–H and O–H groups in total. The normalized spacial score (nSPS) is 15.5. The highest BCUT2D eigenvalue weighted by Gasteiger charge is 2.27. The van der Waals surface area contributed by atoms with Crippen molar-refractivity contribution in [2.75, 3.05) is 32.8 Å². The number of ether oxygens (including phenoxy) is 1. The summed E-state index contributed by atoms with van der Waals surface area (Å²) >= 11 is 1.19. The van der Waals surface area contributed by atoms with Gasteiger partial charge in [-0.1, -0.05) is 29.8 Å². The van der Waals surface area contributed by atoms with E-state index >= 15 is 0 Å². The minimum atomic E-state index is -0.427. The highest BCUT2D eigenvalue weighted by atomic mass is 32.1. The Bertz CT molecular complexity index is 1260. The smallest absolute Gasteiger partial charge is 0.348 e. The number of carbonyl (C=O) groups is 2. The van der Waals surface area contributed by atoms with Gasteiger partial charge in [0.25, 0.3) is 5.56 Å². The van der Waals surface area contributed by atoms with E-state index in [0.717, 1.165) is 5.56 Å². The van der Waals surface area contributed by atoms with E-state index in [1.54, 1.807) is 13.8 Å². The molecule has 1 atom stereocenters. The fourth-order valence-electron chi connectivity index (χ4n) is 4.27. The zero-order valence-corrected chi connectivity index (χ0v) is 20.8. The number of benzene rings is 1. The molecular formula is C25H30N4O4S. The number of hydrogen-bond donors (Lipinski definition) is 1. The second-order valence-corrected chi connectivity index (χ2v) is 9.66. The van der Waals surface area contributed by atoms with Crippen molar-refractivity contribution in [1.82, 2.24) is 19.8 Å². The maximum absolute atomic E-state index is 12.8. The lowest BCUT2D eigenvalue weighted by Crippen LogP contribution is -2.50. The van der Waals surface area contributed by atoms with Crippen LogP contribution in [0, 0.1) is 13.8 Å². The quantitative estimate of drug-likeness (QED) is 0.542. The Hall–Kier alpha value is -3.04. The van der Waals surface area contributed by atoms with Crippen LogP contribution in [-0.2, 0) is 16.0 Å². The molecule has 0 aliphatic carbocycles. The molecule has 1 fully saturated rings. The number of carbonyl (C=O) groups excluding carboxylic acids is 2. The lowest BCUT2D eigenvalue weighted by Gasteiger charge is -2.37. The molecule has 0 spiro atoms. The first-order chi connectivity index (χ1) is 16.3. The maximum atomic E-state index is 12.8. The van der Waals surface area contributed by atoms with Crippen LogP contribution in [0.3, 0.4) is 0 Å². The first kappa shape index (κ1) is 24.1. The summed E-state index contributed by atoms with van der Waals surface area (Å²) < 4.78 is 5.11. The Morgan fingerprint density at radius 3 is 2.47 bits per heavy atom. The van der Waals surface area contributed by atoms with Gasteiger partial charge in [-0.2, -0.15) is 0 Å². The third kappa shape index (κ3) is 4.90. The molecule has 1 unspecified atom stereocenters. The maximum Gasteiger partial charge on any atom is 0.348 e. The molecule has 0 saturated carbocycles. The van der Waals surface area contributed by atoms with E-state index in [9.17, 15) is 14.4 Å². The lowest BCUT2D eigenvalue weighted by molar-refractivity contribution is -0.132. The molecule has 1 aliphatic heterocycles. The van der Waals surface area contributed by atoms with Crippen LogP contribution in [0.4, 0.5) is 0 Å². The van der Waals surface area contributed by atoms with Crippen LogP contribution in [0.15, 0.2) is 29.1 Å². The zero-order valence-electron chi connectivity index (χ0n) is 20.0. The van der Waals surface area contributed by atoms with Crippen LogP contribution in [0.5, 0.6) is 0 Å². The minimum Gasteiger partial charge on any atom is -0.462 e. The van der Waals surface area contributed by atoms with Crippen molar-refractivity contribution in [3.63, 3.8) is 0 Å². The van der Waals surface area contributed by atoms with Crippen LogP contribution in [0.2, 0.25) is 0 Å². The number of nitrogens with zero attached hydrogens (tertiary/aromatic N) is 3. The summed E-state index contributed by atoms with van der Waals surface area (Å²) in [6, 6.07) is 7.93. The number of aromatic nitrogens is 2. The van der Waals surface area contributed by atoms with E-state index in [1.165, 1.54) is 16.9 Å². The summed E-state index contributed by atoms with van der Waals surface area (Å²) in [5, 5.41) is 0.440. The number of H-pyrrole nitrogens is 1. The predicted octanol–water partition coefficient (Wildman–Crippen LogP) is 3.23. The first-order valence-corrected chi connectivity index (χ1v) is 12.4. The van der Waals surface area contributed by atoms with Crippen molar-refractivity contribution in [3.8, 4) is 0 Å². The van der Waals surface area contributed by atoms with Gasteiger partial charge in [-0.05, 0) is 38.8 Å². The summed E-state index contributed by atoms with van der Waals surface area (Å²) in [4.78, 5) is 50.5. The van der Waals surface area contributed by atoms with Gasteiger partial charge in [0.1, 0.15) is 15.5 Å². The molecule has 180 valence electrons. The summed E-state index contributed by atoms with van der Waals surface area (Å²) in [6.45, 7) is 10.5. The third-order valence-corrected chi connectivity index (χ3v) is 7.53. The number of esters is 1. The largest absolute Gasteiger partial charge is 0.462 e. The molecule has 8 nitrogen and oxygen atoms in total. The summed E-state index contributed by atoms with van der Waals surface area (Å²) in [5.41, 5.74) is 2.56.